The number of nitrogens with two attached hydrogens (primary N) is 1. The molecular weight excluding hydrogens is 389 g/mol. The normalized spacial score (nSPS) is 20.5. The Bertz CT molecular complexity index is 798. The molecule has 3 rings (SSSR count). The van der Waals surface area contributed by atoms with Crippen molar-refractivity contribution >= 4 is 18.3 Å². The minimum atomic E-state index is -4.43. The number of hydrogen-bond donors (Lipinski definition) is 1. The van der Waals surface area contributed by atoms with Crippen molar-refractivity contribution in [2.45, 2.75) is 37.4 Å². The smallest absolute Gasteiger partial charge is 0.340 e. The van der Waals surface area contributed by atoms with E-state index in [2.05, 4.69) is 0 Å². The first-order chi connectivity index (χ1) is 12.8. The fraction of sp³-hybridized carbons (Fsp3) is 0.381. The van der Waals surface area contributed by atoms with Crippen molar-refractivity contribution in [3.8, 4) is 0 Å². The summed E-state index contributed by atoms with van der Waals surface area (Å²) in [5.74, 6) is -0.636. The van der Waals surface area contributed by atoms with Gasteiger partial charge in [-0.3, -0.25) is 4.79 Å². The number of amides is 1. The molecule has 1 amide bonds. The highest BCUT2D eigenvalue weighted by Gasteiger charge is 2.36. The van der Waals surface area contributed by atoms with Crippen LogP contribution < -0.4 is 5.73 Å². The van der Waals surface area contributed by atoms with E-state index in [1.165, 1.54) is 12.1 Å². The van der Waals surface area contributed by atoms with Gasteiger partial charge in [0.15, 0.2) is 0 Å². The van der Waals surface area contributed by atoms with Crippen LogP contribution in [-0.4, -0.2) is 29.9 Å². The van der Waals surface area contributed by atoms with Gasteiger partial charge in [-0.15, -0.1) is 12.4 Å². The van der Waals surface area contributed by atoms with Crippen molar-refractivity contribution in [3.05, 3.63) is 71.3 Å². The Hall–Kier alpha value is -2.05. The van der Waals surface area contributed by atoms with Crippen LogP contribution in [0.5, 0.6) is 0 Å². The second-order valence-corrected chi connectivity index (χ2v) is 7.17. The lowest BCUT2D eigenvalue weighted by molar-refractivity contribution is -0.139. The van der Waals surface area contributed by atoms with E-state index in [9.17, 15) is 18.0 Å². The van der Waals surface area contributed by atoms with Gasteiger partial charge in [0, 0.05) is 31.5 Å². The summed E-state index contributed by atoms with van der Waals surface area (Å²) < 4.78 is 39.7. The molecule has 0 bridgehead atoms. The van der Waals surface area contributed by atoms with Gasteiger partial charge in [-0.05, 0) is 23.1 Å². The number of likely N-dealkylation sites (tertiary alicyclic amines) is 1. The van der Waals surface area contributed by atoms with Crippen molar-refractivity contribution in [3.63, 3.8) is 0 Å². The summed E-state index contributed by atoms with van der Waals surface area (Å²) in [5.41, 5.74) is 6.78. The van der Waals surface area contributed by atoms with Gasteiger partial charge in [-0.25, -0.2) is 0 Å². The summed E-state index contributed by atoms with van der Waals surface area (Å²) in [5, 5.41) is 0. The van der Waals surface area contributed by atoms with Crippen LogP contribution in [0.4, 0.5) is 13.2 Å². The van der Waals surface area contributed by atoms with Crippen LogP contribution in [0.2, 0.25) is 0 Å². The van der Waals surface area contributed by atoms with Gasteiger partial charge in [-0.2, -0.15) is 13.2 Å². The maximum Gasteiger partial charge on any atom is 0.416 e. The SMILES string of the molecule is CC(CC(=O)N1C[C@@H](N)[C@H](c2ccccc2)C1)c1ccccc1C(F)(F)F.Cl. The molecule has 0 aromatic heterocycles. The zero-order valence-electron chi connectivity index (χ0n) is 15.5. The zero-order valence-corrected chi connectivity index (χ0v) is 16.3. The minimum Gasteiger partial charge on any atom is -0.340 e. The van der Waals surface area contributed by atoms with E-state index in [0.717, 1.165) is 11.6 Å². The highest BCUT2D eigenvalue weighted by Crippen LogP contribution is 2.36. The molecule has 0 spiro atoms. The van der Waals surface area contributed by atoms with E-state index >= 15 is 0 Å². The molecule has 0 radical (unpaired) electrons. The molecule has 1 aliphatic heterocycles. The monoisotopic (exact) mass is 412 g/mol. The Morgan fingerprint density at radius 2 is 1.71 bits per heavy atom. The summed E-state index contributed by atoms with van der Waals surface area (Å²) in [4.78, 5) is 14.4. The van der Waals surface area contributed by atoms with E-state index in [4.69, 9.17) is 5.73 Å². The number of nitrogens with zero attached hydrogens (tertiary/aromatic N) is 1. The molecule has 1 unspecified atom stereocenters. The zero-order chi connectivity index (χ0) is 19.6. The van der Waals surface area contributed by atoms with Gasteiger partial charge >= 0.3 is 6.18 Å². The van der Waals surface area contributed by atoms with E-state index < -0.39 is 17.7 Å². The van der Waals surface area contributed by atoms with E-state index in [0.29, 0.717) is 13.1 Å². The number of hydrogen-bond acceptors (Lipinski definition) is 2. The molecule has 2 N–H and O–H groups in total. The van der Waals surface area contributed by atoms with Crippen LogP contribution in [-0.2, 0) is 11.0 Å². The Labute approximate surface area is 169 Å². The summed E-state index contributed by atoms with van der Waals surface area (Å²) in [6, 6.07) is 15.0. The first-order valence-electron chi connectivity index (χ1n) is 9.01. The molecular formula is C21H24ClF3N2O. The molecule has 0 saturated carbocycles. The van der Waals surface area contributed by atoms with Crippen molar-refractivity contribution in [2.24, 2.45) is 5.73 Å². The van der Waals surface area contributed by atoms with Gasteiger partial charge in [-0.1, -0.05) is 55.5 Å². The Morgan fingerprint density at radius 3 is 2.36 bits per heavy atom. The second-order valence-electron chi connectivity index (χ2n) is 7.17. The fourth-order valence-electron chi connectivity index (χ4n) is 3.77. The number of benzene rings is 2. The largest absolute Gasteiger partial charge is 0.416 e. The standard InChI is InChI=1S/C21H23F3N2O.ClH/c1-14(16-9-5-6-10-18(16)21(22,23)24)11-20(27)26-12-17(19(25)13-26)15-7-3-2-4-8-15;/h2-10,14,17,19H,11-13,25H2,1H3;1H/t14?,17-,19+;/m0./s1. The molecule has 28 heavy (non-hydrogen) atoms. The Morgan fingerprint density at radius 1 is 1.11 bits per heavy atom. The highest BCUT2D eigenvalue weighted by atomic mass is 35.5. The predicted octanol–water partition coefficient (Wildman–Crippen LogP) is 4.57. The third-order valence-electron chi connectivity index (χ3n) is 5.22. The van der Waals surface area contributed by atoms with Gasteiger partial charge in [0.05, 0.1) is 5.56 Å². The molecule has 1 aliphatic rings. The van der Waals surface area contributed by atoms with Gasteiger partial charge < -0.3 is 10.6 Å². The highest BCUT2D eigenvalue weighted by molar-refractivity contribution is 5.85. The summed E-state index contributed by atoms with van der Waals surface area (Å²) in [6.45, 7) is 2.58. The maximum atomic E-state index is 13.2. The van der Waals surface area contributed by atoms with Crippen molar-refractivity contribution in [2.75, 3.05) is 13.1 Å². The molecule has 1 fully saturated rings. The van der Waals surface area contributed by atoms with Crippen LogP contribution in [0.1, 0.15) is 41.9 Å². The molecule has 7 heteroatoms. The van der Waals surface area contributed by atoms with Gasteiger partial charge in [0.25, 0.3) is 0 Å². The third kappa shape index (κ3) is 4.86. The fourth-order valence-corrected chi connectivity index (χ4v) is 3.77. The molecule has 1 heterocycles. The minimum absolute atomic E-state index is 0. The first-order valence-corrected chi connectivity index (χ1v) is 9.01. The maximum absolute atomic E-state index is 13.2. The van der Waals surface area contributed by atoms with Gasteiger partial charge in [0.2, 0.25) is 5.91 Å². The van der Waals surface area contributed by atoms with Crippen molar-refractivity contribution in [1.29, 1.82) is 0 Å². The lowest BCUT2D eigenvalue weighted by atomic mass is 9.92. The van der Waals surface area contributed by atoms with Crippen LogP contribution in [0.25, 0.3) is 0 Å². The lowest BCUT2D eigenvalue weighted by Gasteiger charge is -2.21. The number of alkyl halides is 3. The average Bonchev–Trinajstić information content (AvgIpc) is 3.03. The average molecular weight is 413 g/mol. The summed E-state index contributed by atoms with van der Waals surface area (Å²) >= 11 is 0. The molecule has 0 aliphatic carbocycles. The van der Waals surface area contributed by atoms with E-state index in [1.807, 2.05) is 30.3 Å². The lowest BCUT2D eigenvalue weighted by Crippen LogP contribution is -2.32. The second kappa shape index (κ2) is 8.97. The topological polar surface area (TPSA) is 46.3 Å². The quantitative estimate of drug-likeness (QED) is 0.799. The summed E-state index contributed by atoms with van der Waals surface area (Å²) in [6.07, 6.45) is -4.40. The van der Waals surface area contributed by atoms with Crippen LogP contribution in [0.15, 0.2) is 54.6 Å². The van der Waals surface area contributed by atoms with E-state index in [1.54, 1.807) is 17.9 Å². The number of carbonyl (C=O) groups excluding carboxylic acids is 1. The van der Waals surface area contributed by atoms with E-state index in [-0.39, 0.29) is 42.3 Å². The number of carbonyl (C=O) groups is 1. The molecule has 3 atom stereocenters. The van der Waals surface area contributed by atoms with Crippen LogP contribution in [0, 0.1) is 0 Å². The Kier molecular flexibility index (Phi) is 7.12. The first kappa shape index (κ1) is 22.2. The van der Waals surface area contributed by atoms with Crippen molar-refractivity contribution < 1.29 is 18.0 Å². The predicted molar refractivity (Wildman–Crippen MR) is 105 cm³/mol. The number of rotatable bonds is 4. The van der Waals surface area contributed by atoms with Crippen LogP contribution in [0.3, 0.4) is 0 Å². The molecule has 3 nitrogen and oxygen atoms in total. The van der Waals surface area contributed by atoms with Gasteiger partial charge in [0.1, 0.15) is 0 Å². The number of halogens is 4. The molecule has 2 aromatic carbocycles. The summed E-state index contributed by atoms with van der Waals surface area (Å²) in [7, 11) is 0. The molecule has 2 aromatic rings. The molecule has 1 saturated heterocycles. The van der Waals surface area contributed by atoms with Crippen LogP contribution >= 0.6 is 12.4 Å². The third-order valence-corrected chi connectivity index (χ3v) is 5.22. The Balaban J connectivity index is 0.00000280. The van der Waals surface area contributed by atoms with Crippen molar-refractivity contribution in [1.82, 2.24) is 4.90 Å². The molecule has 152 valence electrons.